The predicted octanol–water partition coefficient (Wildman–Crippen LogP) is 3.40. The number of nitrogens with one attached hydrogen (secondary N) is 1. The maximum absolute atomic E-state index is 6.52. The zero-order valence-electron chi connectivity index (χ0n) is 15.9. The summed E-state index contributed by atoms with van der Waals surface area (Å²) < 4.78 is 19.3. The Morgan fingerprint density at radius 1 is 1.17 bits per heavy atom. The highest BCUT2D eigenvalue weighted by atomic mass is 35.5. The van der Waals surface area contributed by atoms with Crippen molar-refractivity contribution in [3.8, 4) is 23.0 Å². The van der Waals surface area contributed by atoms with E-state index < -0.39 is 0 Å². The molecule has 9 heteroatoms. The molecule has 0 aliphatic carbocycles. The Balaban J connectivity index is 1.29. The van der Waals surface area contributed by atoms with Gasteiger partial charge in [0.2, 0.25) is 0 Å². The van der Waals surface area contributed by atoms with E-state index in [1.54, 1.807) is 16.9 Å². The van der Waals surface area contributed by atoms with Gasteiger partial charge in [0.05, 0.1) is 40.8 Å². The molecular weight excluding hydrogens is 406 g/mol. The van der Waals surface area contributed by atoms with Gasteiger partial charge in [-0.15, -0.1) is 0 Å². The number of fused-ring (bicyclic) bond motifs is 2. The molecule has 5 heterocycles. The second-order valence-electron chi connectivity index (χ2n) is 7.39. The van der Waals surface area contributed by atoms with Gasteiger partial charge in [0.25, 0.3) is 6.01 Å². The van der Waals surface area contributed by atoms with Gasteiger partial charge in [0.15, 0.2) is 11.8 Å². The molecule has 30 heavy (non-hydrogen) atoms. The summed E-state index contributed by atoms with van der Waals surface area (Å²) in [5.41, 5.74) is 3.62. The zero-order valence-corrected chi connectivity index (χ0v) is 16.6. The summed E-state index contributed by atoms with van der Waals surface area (Å²) in [6.07, 6.45) is 4.42. The van der Waals surface area contributed by atoms with Gasteiger partial charge in [-0.1, -0.05) is 29.8 Å². The van der Waals surface area contributed by atoms with Crippen molar-refractivity contribution in [2.45, 2.75) is 24.7 Å². The minimum atomic E-state index is -0.183. The number of imidazole rings is 1. The van der Waals surface area contributed by atoms with E-state index in [0.29, 0.717) is 41.1 Å². The molecule has 3 atom stereocenters. The van der Waals surface area contributed by atoms with E-state index in [-0.39, 0.29) is 18.3 Å². The highest BCUT2D eigenvalue weighted by molar-refractivity contribution is 6.33. The van der Waals surface area contributed by atoms with E-state index in [0.717, 1.165) is 17.7 Å². The fourth-order valence-corrected chi connectivity index (χ4v) is 4.26. The molecule has 0 spiro atoms. The van der Waals surface area contributed by atoms with Crippen LogP contribution < -0.4 is 4.74 Å². The Hall–Kier alpha value is -2.94. The average molecular weight is 424 g/mol. The second kappa shape index (κ2) is 7.09. The smallest absolute Gasteiger partial charge is 0.296 e. The maximum atomic E-state index is 6.52. The Bertz CT molecular complexity index is 1210. The molecular formula is C21H18ClN5O3. The number of para-hydroxylation sites is 1. The van der Waals surface area contributed by atoms with Crippen molar-refractivity contribution < 1.29 is 14.2 Å². The fourth-order valence-electron chi connectivity index (χ4n) is 4.00. The molecule has 8 nitrogen and oxygen atoms in total. The summed E-state index contributed by atoms with van der Waals surface area (Å²) in [6, 6.07) is 12.1. The van der Waals surface area contributed by atoms with Gasteiger partial charge in [-0.2, -0.15) is 10.1 Å². The molecule has 1 aromatic carbocycles. The van der Waals surface area contributed by atoms with Crippen LogP contribution in [0.4, 0.5) is 0 Å². The molecule has 0 unspecified atom stereocenters. The average Bonchev–Trinajstić information content (AvgIpc) is 3.53. The molecule has 2 aliphatic rings. The monoisotopic (exact) mass is 423 g/mol. The molecule has 1 N–H and O–H groups in total. The van der Waals surface area contributed by atoms with Gasteiger partial charge >= 0.3 is 0 Å². The first kappa shape index (κ1) is 17.9. The summed E-state index contributed by atoms with van der Waals surface area (Å²) in [7, 11) is 0. The lowest BCUT2D eigenvalue weighted by atomic mass is 10.1. The van der Waals surface area contributed by atoms with Crippen molar-refractivity contribution >= 4 is 22.8 Å². The Morgan fingerprint density at radius 2 is 2.07 bits per heavy atom. The highest BCUT2D eigenvalue weighted by Gasteiger charge is 2.43. The van der Waals surface area contributed by atoms with Crippen LogP contribution in [0, 0.1) is 0 Å². The normalized spacial score (nSPS) is 23.2. The van der Waals surface area contributed by atoms with Crippen molar-refractivity contribution in [1.82, 2.24) is 24.7 Å². The summed E-state index contributed by atoms with van der Waals surface area (Å²) in [5.74, 6) is 0. The van der Waals surface area contributed by atoms with Gasteiger partial charge in [-0.3, -0.25) is 0 Å². The quantitative estimate of drug-likeness (QED) is 0.541. The molecule has 6 rings (SSSR count). The third-order valence-electron chi connectivity index (χ3n) is 5.46. The van der Waals surface area contributed by atoms with E-state index in [1.807, 2.05) is 36.5 Å². The van der Waals surface area contributed by atoms with E-state index in [2.05, 4.69) is 20.1 Å². The SMILES string of the molecule is Clc1cc2[nH]c(O[C@@H]3CO[C@@H]4CCO[C@@H]43)nc2nc1-c1cnn(-c2ccccc2)c1. The van der Waals surface area contributed by atoms with Gasteiger partial charge in [0, 0.05) is 18.4 Å². The number of rotatable bonds is 4. The van der Waals surface area contributed by atoms with E-state index >= 15 is 0 Å². The molecule has 2 fully saturated rings. The molecule has 0 bridgehead atoms. The van der Waals surface area contributed by atoms with E-state index in [1.165, 1.54) is 0 Å². The lowest BCUT2D eigenvalue weighted by molar-refractivity contribution is 0.0273. The van der Waals surface area contributed by atoms with Crippen LogP contribution in [0.1, 0.15) is 6.42 Å². The third kappa shape index (κ3) is 3.04. The van der Waals surface area contributed by atoms with Crippen molar-refractivity contribution in [2.75, 3.05) is 13.2 Å². The predicted molar refractivity (Wildman–Crippen MR) is 110 cm³/mol. The molecule has 4 aromatic rings. The van der Waals surface area contributed by atoms with Gasteiger partial charge in [0.1, 0.15) is 6.10 Å². The highest BCUT2D eigenvalue weighted by Crippen LogP contribution is 2.32. The van der Waals surface area contributed by atoms with Crippen LogP contribution in [0.5, 0.6) is 6.01 Å². The minimum Gasteiger partial charge on any atom is -0.456 e. The molecule has 0 radical (unpaired) electrons. The maximum Gasteiger partial charge on any atom is 0.296 e. The number of pyridine rings is 1. The number of H-pyrrole nitrogens is 1. The van der Waals surface area contributed by atoms with Crippen molar-refractivity contribution in [1.29, 1.82) is 0 Å². The number of hydrogen-bond acceptors (Lipinski definition) is 6. The first-order chi connectivity index (χ1) is 14.7. The first-order valence-electron chi connectivity index (χ1n) is 9.81. The molecule has 152 valence electrons. The topological polar surface area (TPSA) is 87.1 Å². The van der Waals surface area contributed by atoms with Crippen LogP contribution in [0.25, 0.3) is 28.1 Å². The first-order valence-corrected chi connectivity index (χ1v) is 10.2. The van der Waals surface area contributed by atoms with Crippen molar-refractivity contribution in [3.05, 3.63) is 53.8 Å². The third-order valence-corrected chi connectivity index (χ3v) is 5.75. The molecule has 3 aromatic heterocycles. The van der Waals surface area contributed by atoms with E-state index in [4.69, 9.17) is 25.8 Å². The number of benzene rings is 1. The van der Waals surface area contributed by atoms with E-state index in [9.17, 15) is 0 Å². The Kier molecular flexibility index (Phi) is 4.22. The van der Waals surface area contributed by atoms with Gasteiger partial charge < -0.3 is 19.2 Å². The largest absolute Gasteiger partial charge is 0.456 e. The summed E-state index contributed by atoms with van der Waals surface area (Å²) in [6.45, 7) is 1.19. The van der Waals surface area contributed by atoms with Crippen LogP contribution in [-0.4, -0.2) is 56.3 Å². The number of ether oxygens (including phenoxy) is 3. The Morgan fingerprint density at radius 3 is 2.97 bits per heavy atom. The van der Waals surface area contributed by atoms with Crippen LogP contribution in [-0.2, 0) is 9.47 Å². The number of hydrogen-bond donors (Lipinski definition) is 1. The van der Waals surface area contributed by atoms with Crippen LogP contribution in [0.15, 0.2) is 48.8 Å². The standard InChI is InChI=1S/C21H18ClN5O3/c22-14-8-15-20(26-21(24-15)30-17-11-29-16-6-7-28-19(16)17)25-18(14)12-9-23-27(10-12)13-4-2-1-3-5-13/h1-5,8-10,16-17,19H,6-7,11H2,(H,24,25,26)/t16-,17-,19+/m1/s1. The second-order valence-corrected chi connectivity index (χ2v) is 7.80. The number of halogens is 1. The summed E-state index contributed by atoms with van der Waals surface area (Å²) in [5, 5.41) is 4.93. The summed E-state index contributed by atoms with van der Waals surface area (Å²) in [4.78, 5) is 12.3. The van der Waals surface area contributed by atoms with Gasteiger partial charge in [-0.05, 0) is 24.6 Å². The van der Waals surface area contributed by atoms with Crippen molar-refractivity contribution in [2.24, 2.45) is 0 Å². The number of nitrogens with zero attached hydrogens (tertiary/aromatic N) is 4. The minimum absolute atomic E-state index is 0.0471. The lowest BCUT2D eigenvalue weighted by Crippen LogP contribution is -2.32. The Labute approximate surface area is 176 Å². The number of aromatic nitrogens is 5. The molecule has 0 saturated carbocycles. The van der Waals surface area contributed by atoms with Crippen molar-refractivity contribution in [3.63, 3.8) is 0 Å². The van der Waals surface area contributed by atoms with Crippen LogP contribution in [0.2, 0.25) is 5.02 Å². The molecule has 0 amide bonds. The zero-order chi connectivity index (χ0) is 20.1. The summed E-state index contributed by atoms with van der Waals surface area (Å²) >= 11 is 6.52. The van der Waals surface area contributed by atoms with Crippen LogP contribution in [0.3, 0.4) is 0 Å². The lowest BCUT2D eigenvalue weighted by Gasteiger charge is -2.15. The number of aromatic amines is 1. The molecule has 2 aliphatic heterocycles. The fraction of sp³-hybridized carbons (Fsp3) is 0.286. The van der Waals surface area contributed by atoms with Gasteiger partial charge in [-0.25, -0.2) is 9.67 Å². The molecule has 2 saturated heterocycles. The van der Waals surface area contributed by atoms with Crippen LogP contribution >= 0.6 is 11.6 Å².